The average Bonchev–Trinajstić information content (AvgIpc) is 2.96. The molecule has 120 valence electrons. The van der Waals surface area contributed by atoms with Crippen LogP contribution < -0.4 is 0 Å². The smallest absolute Gasteiger partial charge is 0.196 e. The Morgan fingerprint density at radius 3 is 1.52 bits per heavy atom. The lowest BCUT2D eigenvalue weighted by Gasteiger charge is -2.22. The van der Waals surface area contributed by atoms with Crippen LogP contribution in [-0.2, 0) is 9.47 Å². The van der Waals surface area contributed by atoms with Crippen molar-refractivity contribution in [1.82, 2.24) is 0 Å². The van der Waals surface area contributed by atoms with Gasteiger partial charge in [-0.15, -0.1) is 0 Å². The van der Waals surface area contributed by atoms with Crippen LogP contribution in [0.3, 0.4) is 0 Å². The van der Waals surface area contributed by atoms with Crippen LogP contribution >= 0.6 is 0 Å². The van der Waals surface area contributed by atoms with Gasteiger partial charge in [-0.1, -0.05) is 48.5 Å². The van der Waals surface area contributed by atoms with Gasteiger partial charge in [-0.3, -0.25) is 0 Å². The molecule has 0 spiro atoms. The van der Waals surface area contributed by atoms with Gasteiger partial charge in [0.1, 0.15) is 19.1 Å². The summed E-state index contributed by atoms with van der Waals surface area (Å²) in [7, 11) is 0. The Labute approximate surface area is 129 Å². The Morgan fingerprint density at radius 2 is 1.29 bits per heavy atom. The van der Waals surface area contributed by atoms with E-state index in [2.05, 4.69) is 48.5 Å². The van der Waals surface area contributed by atoms with Crippen LogP contribution in [0.25, 0.3) is 0 Å². The van der Waals surface area contributed by atoms with Gasteiger partial charge in [0, 0.05) is 0 Å². The maximum absolute atomic E-state index is 5.87. The van der Waals surface area contributed by atoms with Gasteiger partial charge in [0.15, 0.2) is 11.8 Å². The number of hydrogen-bond donors (Lipinski definition) is 0. The third-order valence-electron chi connectivity index (χ3n) is 4.35. The molecule has 0 saturated heterocycles. The predicted molar refractivity (Wildman–Crippen MR) is 87.0 cm³/mol. The second-order valence-corrected chi connectivity index (χ2v) is 8.28. The van der Waals surface area contributed by atoms with Gasteiger partial charge in [0.25, 0.3) is 0 Å². The Hall–Kier alpha value is -1.06. The Bertz CT molecular complexity index is 401. The van der Waals surface area contributed by atoms with E-state index in [1.54, 1.807) is 0 Å². The molecule has 0 saturated carbocycles. The average molecular weight is 294 g/mol. The van der Waals surface area contributed by atoms with Crippen molar-refractivity contribution >= 4 is 11.8 Å². The van der Waals surface area contributed by atoms with E-state index in [1.165, 1.54) is 0 Å². The highest BCUT2D eigenvalue weighted by molar-refractivity contribution is 6.01. The zero-order chi connectivity index (χ0) is 15.8. The molecule has 0 fully saturated rings. The van der Waals surface area contributed by atoms with E-state index in [0.717, 1.165) is 18.2 Å². The van der Waals surface area contributed by atoms with Crippen molar-refractivity contribution in [3.8, 4) is 0 Å². The monoisotopic (exact) mass is 294 g/mol. The van der Waals surface area contributed by atoms with Crippen LogP contribution in [0.5, 0.6) is 0 Å². The maximum atomic E-state index is 5.87. The molecule has 0 bridgehead atoms. The number of hydrogen-bond acceptors (Lipinski definition) is 4. The quantitative estimate of drug-likeness (QED) is 0.796. The Balaban J connectivity index is 2.15. The highest BCUT2D eigenvalue weighted by atomic mass is 16.5. The fourth-order valence-electron chi connectivity index (χ4n) is 2.51. The molecule has 2 aliphatic heterocycles. The molecule has 0 radical (unpaired) electrons. The molecule has 0 unspecified atom stereocenters. The lowest BCUT2D eigenvalue weighted by atomic mass is 9.88. The fraction of sp³-hybridized carbons (Fsp3) is 0.882. The molecule has 4 nitrogen and oxygen atoms in total. The maximum Gasteiger partial charge on any atom is 0.196 e. The molecular formula is C17H30N2O2. The second kappa shape index (κ2) is 5.62. The SMILES string of the molecule is CCC(C1=N[C@H](C(C)(C)C)CO1)C1=N[C@H](C(C)(C)C)CO1. The molecule has 21 heavy (non-hydrogen) atoms. The summed E-state index contributed by atoms with van der Waals surface area (Å²) in [6.45, 7) is 16.7. The first-order valence-electron chi connectivity index (χ1n) is 8.04. The van der Waals surface area contributed by atoms with Gasteiger partial charge in [-0.05, 0) is 17.3 Å². The van der Waals surface area contributed by atoms with Gasteiger partial charge in [0.05, 0.1) is 12.1 Å². The number of aliphatic imine (C=N–C) groups is 2. The minimum absolute atomic E-state index is 0.0738. The molecule has 0 N–H and O–H groups in total. The molecule has 2 atom stereocenters. The molecular weight excluding hydrogens is 264 g/mol. The molecule has 0 amide bonds. The van der Waals surface area contributed by atoms with Gasteiger partial charge in [-0.25, -0.2) is 9.98 Å². The van der Waals surface area contributed by atoms with Crippen LogP contribution in [0.15, 0.2) is 9.98 Å². The van der Waals surface area contributed by atoms with E-state index in [4.69, 9.17) is 19.5 Å². The van der Waals surface area contributed by atoms with Crippen molar-refractivity contribution in [3.63, 3.8) is 0 Å². The van der Waals surface area contributed by atoms with Crippen molar-refractivity contribution in [2.75, 3.05) is 13.2 Å². The normalized spacial score (nSPS) is 26.5. The van der Waals surface area contributed by atoms with Crippen molar-refractivity contribution in [2.45, 2.75) is 67.0 Å². The standard InChI is InChI=1S/C17H30N2O2/c1-8-11(14-18-12(9-20-14)16(2,3)4)15-19-13(10-21-15)17(5,6)7/h11-13H,8-10H2,1-7H3/t12-,13-/m0/s1. The molecule has 2 heterocycles. The Kier molecular flexibility index (Phi) is 4.36. The van der Waals surface area contributed by atoms with Crippen molar-refractivity contribution in [1.29, 1.82) is 0 Å². The number of ether oxygens (including phenoxy) is 2. The topological polar surface area (TPSA) is 43.2 Å². The first-order valence-corrected chi connectivity index (χ1v) is 8.04. The number of rotatable bonds is 3. The summed E-state index contributed by atoms with van der Waals surface area (Å²) >= 11 is 0. The summed E-state index contributed by atoms with van der Waals surface area (Å²) in [6, 6.07) is 0.448. The van der Waals surface area contributed by atoms with Crippen molar-refractivity contribution in [3.05, 3.63) is 0 Å². The predicted octanol–water partition coefficient (Wildman–Crippen LogP) is 3.70. The minimum Gasteiger partial charge on any atom is -0.478 e. The van der Waals surface area contributed by atoms with Gasteiger partial charge in [-0.2, -0.15) is 0 Å². The highest BCUT2D eigenvalue weighted by Crippen LogP contribution is 2.31. The highest BCUT2D eigenvalue weighted by Gasteiger charge is 2.38. The van der Waals surface area contributed by atoms with Crippen molar-refractivity contribution < 1.29 is 9.47 Å². The molecule has 0 aromatic rings. The summed E-state index contributed by atoms with van der Waals surface area (Å²) in [4.78, 5) is 9.59. The van der Waals surface area contributed by atoms with E-state index in [-0.39, 0.29) is 28.8 Å². The Morgan fingerprint density at radius 1 is 0.905 bits per heavy atom. The fourth-order valence-corrected chi connectivity index (χ4v) is 2.51. The molecule has 4 heteroatoms. The van der Waals surface area contributed by atoms with Crippen molar-refractivity contribution in [2.24, 2.45) is 26.7 Å². The van der Waals surface area contributed by atoms with Crippen LogP contribution in [0.4, 0.5) is 0 Å². The van der Waals surface area contributed by atoms with E-state index in [1.807, 2.05) is 0 Å². The summed E-state index contributed by atoms with van der Waals surface area (Å²) in [6.07, 6.45) is 0.908. The zero-order valence-corrected chi connectivity index (χ0v) is 14.6. The van der Waals surface area contributed by atoms with Crippen LogP contribution in [0.2, 0.25) is 0 Å². The lowest BCUT2D eigenvalue weighted by Crippen LogP contribution is -2.25. The molecule has 0 aromatic carbocycles. The largest absolute Gasteiger partial charge is 0.478 e. The van der Waals surface area contributed by atoms with Crippen LogP contribution in [0, 0.1) is 16.7 Å². The summed E-state index contributed by atoms with van der Waals surface area (Å²) in [5.41, 5.74) is 0.263. The first kappa shape index (κ1) is 16.3. The third-order valence-corrected chi connectivity index (χ3v) is 4.35. The second-order valence-electron chi connectivity index (χ2n) is 8.28. The van der Waals surface area contributed by atoms with Gasteiger partial charge in [0.2, 0.25) is 0 Å². The van der Waals surface area contributed by atoms with Crippen LogP contribution in [-0.4, -0.2) is 37.1 Å². The summed E-state index contributed by atoms with van der Waals surface area (Å²) in [5.74, 6) is 1.70. The third kappa shape index (κ3) is 3.58. The zero-order valence-electron chi connectivity index (χ0n) is 14.6. The summed E-state index contributed by atoms with van der Waals surface area (Å²) in [5, 5.41) is 0. The van der Waals surface area contributed by atoms with E-state index in [9.17, 15) is 0 Å². The van der Waals surface area contributed by atoms with Crippen LogP contribution in [0.1, 0.15) is 54.9 Å². The molecule has 0 aliphatic carbocycles. The van der Waals surface area contributed by atoms with E-state index >= 15 is 0 Å². The molecule has 2 aliphatic rings. The summed E-state index contributed by atoms with van der Waals surface area (Å²) < 4.78 is 11.7. The van der Waals surface area contributed by atoms with E-state index < -0.39 is 0 Å². The van der Waals surface area contributed by atoms with Gasteiger partial charge < -0.3 is 9.47 Å². The van der Waals surface area contributed by atoms with E-state index in [0.29, 0.717) is 13.2 Å². The first-order chi connectivity index (χ1) is 9.63. The molecule has 2 rings (SSSR count). The minimum atomic E-state index is 0.0738. The number of nitrogens with zero attached hydrogens (tertiary/aromatic N) is 2. The van der Waals surface area contributed by atoms with Gasteiger partial charge >= 0.3 is 0 Å². The lowest BCUT2D eigenvalue weighted by molar-refractivity contribution is 0.222. The molecule has 0 aromatic heterocycles.